The number of nitrogen functional groups attached to an aromatic ring is 1. The second kappa shape index (κ2) is 6.87. The molecule has 0 aromatic heterocycles. The van der Waals surface area contributed by atoms with Crippen molar-refractivity contribution in [3.05, 3.63) is 52.5 Å². The summed E-state index contributed by atoms with van der Waals surface area (Å²) >= 11 is 7.31. The maximum atomic E-state index is 12.0. The number of nitrogens with one attached hydrogen (secondary N) is 1. The summed E-state index contributed by atoms with van der Waals surface area (Å²) in [5.74, 6) is 0.228. The Bertz CT molecular complexity index is 673. The van der Waals surface area contributed by atoms with Gasteiger partial charge in [0, 0.05) is 21.3 Å². The molecule has 0 aliphatic heterocycles. The van der Waals surface area contributed by atoms with Crippen LogP contribution >= 0.6 is 23.4 Å². The van der Waals surface area contributed by atoms with Crippen molar-refractivity contribution < 1.29 is 4.79 Å². The van der Waals surface area contributed by atoms with E-state index in [9.17, 15) is 4.79 Å². The molecular weight excluding hydrogens is 304 g/mol. The molecular formula is C16H17ClN2OS. The Hall–Kier alpha value is -1.65. The van der Waals surface area contributed by atoms with Crippen LogP contribution in [0.4, 0.5) is 11.4 Å². The fourth-order valence-electron chi connectivity index (χ4n) is 1.85. The minimum Gasteiger partial charge on any atom is -0.398 e. The first-order valence-corrected chi connectivity index (χ1v) is 7.87. The minimum atomic E-state index is -0.0620. The predicted octanol–water partition coefficient (Wildman–Crippen LogP) is 4.27. The van der Waals surface area contributed by atoms with Gasteiger partial charge in [-0.2, -0.15) is 0 Å². The van der Waals surface area contributed by atoms with Gasteiger partial charge in [-0.05, 0) is 49.2 Å². The number of nitrogens with two attached hydrogens (primary N) is 1. The quantitative estimate of drug-likeness (QED) is 0.653. The van der Waals surface area contributed by atoms with Crippen LogP contribution in [0.2, 0.25) is 5.02 Å². The van der Waals surface area contributed by atoms with Gasteiger partial charge in [-0.3, -0.25) is 4.79 Å². The molecule has 0 saturated heterocycles. The van der Waals surface area contributed by atoms with Crippen LogP contribution in [0.5, 0.6) is 0 Å². The summed E-state index contributed by atoms with van der Waals surface area (Å²) in [6.07, 6.45) is 0. The van der Waals surface area contributed by atoms with Gasteiger partial charge in [-0.25, -0.2) is 0 Å². The molecule has 0 unspecified atom stereocenters. The van der Waals surface area contributed by atoms with Gasteiger partial charge in [0.25, 0.3) is 0 Å². The number of benzene rings is 2. The van der Waals surface area contributed by atoms with Gasteiger partial charge in [0.1, 0.15) is 0 Å². The number of halogens is 1. The number of aryl methyl sites for hydroxylation is 1. The zero-order chi connectivity index (χ0) is 15.4. The van der Waals surface area contributed by atoms with Crippen LogP contribution in [0.3, 0.4) is 0 Å². The molecule has 21 heavy (non-hydrogen) atoms. The molecule has 0 bridgehead atoms. The molecule has 0 fully saturated rings. The third-order valence-corrected chi connectivity index (χ3v) is 4.52. The first kappa shape index (κ1) is 15.7. The van der Waals surface area contributed by atoms with Crippen molar-refractivity contribution >= 4 is 40.6 Å². The second-order valence-corrected chi connectivity index (χ2v) is 6.22. The summed E-state index contributed by atoms with van der Waals surface area (Å²) in [5.41, 5.74) is 9.57. The molecule has 0 spiro atoms. The topological polar surface area (TPSA) is 55.1 Å². The third-order valence-electron chi connectivity index (χ3n) is 3.21. The monoisotopic (exact) mass is 320 g/mol. The first-order valence-electron chi connectivity index (χ1n) is 6.51. The van der Waals surface area contributed by atoms with E-state index in [4.69, 9.17) is 17.3 Å². The minimum absolute atomic E-state index is 0.0620. The summed E-state index contributed by atoms with van der Waals surface area (Å²) in [7, 11) is 0. The van der Waals surface area contributed by atoms with Gasteiger partial charge in [-0.15, -0.1) is 11.8 Å². The van der Waals surface area contributed by atoms with Crippen LogP contribution in [0, 0.1) is 13.8 Å². The number of carbonyl (C=O) groups excluding carboxylic acids is 1. The zero-order valence-electron chi connectivity index (χ0n) is 11.9. The van der Waals surface area contributed by atoms with Crippen molar-refractivity contribution in [2.45, 2.75) is 18.7 Å². The van der Waals surface area contributed by atoms with Crippen molar-refractivity contribution in [3.8, 4) is 0 Å². The van der Waals surface area contributed by atoms with Gasteiger partial charge in [0.05, 0.1) is 5.75 Å². The van der Waals surface area contributed by atoms with E-state index in [1.54, 1.807) is 18.2 Å². The van der Waals surface area contributed by atoms with E-state index in [0.717, 1.165) is 21.7 Å². The fraction of sp³-hybridized carbons (Fsp3) is 0.188. The lowest BCUT2D eigenvalue weighted by Gasteiger charge is -2.10. The Kier molecular flexibility index (Phi) is 5.15. The molecule has 2 aromatic rings. The highest BCUT2D eigenvalue weighted by atomic mass is 35.5. The highest BCUT2D eigenvalue weighted by Crippen LogP contribution is 2.28. The molecule has 3 N–H and O–H groups in total. The number of hydrogen-bond donors (Lipinski definition) is 2. The first-order chi connectivity index (χ1) is 9.97. The Balaban J connectivity index is 1.99. The van der Waals surface area contributed by atoms with Crippen molar-refractivity contribution in [2.75, 3.05) is 16.8 Å². The molecule has 0 radical (unpaired) electrons. The number of hydrogen-bond acceptors (Lipinski definition) is 3. The molecule has 1 amide bonds. The summed E-state index contributed by atoms with van der Waals surface area (Å²) in [6.45, 7) is 4.01. The van der Waals surface area contributed by atoms with Gasteiger partial charge in [0.15, 0.2) is 0 Å². The lowest BCUT2D eigenvalue weighted by molar-refractivity contribution is -0.113. The highest BCUT2D eigenvalue weighted by Gasteiger charge is 2.08. The molecule has 2 rings (SSSR count). The summed E-state index contributed by atoms with van der Waals surface area (Å²) in [6, 6.07) is 11.1. The number of thioether (sulfide) groups is 1. The van der Waals surface area contributed by atoms with E-state index in [2.05, 4.69) is 5.32 Å². The molecule has 3 nitrogen and oxygen atoms in total. The van der Waals surface area contributed by atoms with Crippen LogP contribution in [0.1, 0.15) is 11.1 Å². The summed E-state index contributed by atoms with van der Waals surface area (Å²) in [4.78, 5) is 12.9. The fourth-order valence-corrected chi connectivity index (χ4v) is 2.89. The van der Waals surface area contributed by atoms with Crippen LogP contribution in [-0.2, 0) is 4.79 Å². The van der Waals surface area contributed by atoms with Crippen LogP contribution < -0.4 is 11.1 Å². The largest absolute Gasteiger partial charge is 0.398 e. The molecule has 0 atom stereocenters. The van der Waals surface area contributed by atoms with Gasteiger partial charge in [-0.1, -0.05) is 23.7 Å². The molecule has 0 heterocycles. The van der Waals surface area contributed by atoms with Gasteiger partial charge < -0.3 is 11.1 Å². The Labute approximate surface area is 133 Å². The maximum Gasteiger partial charge on any atom is 0.234 e. The predicted molar refractivity (Wildman–Crippen MR) is 91.1 cm³/mol. The van der Waals surface area contributed by atoms with Crippen molar-refractivity contribution in [2.24, 2.45) is 0 Å². The van der Waals surface area contributed by atoms with Gasteiger partial charge in [0.2, 0.25) is 5.91 Å². The lowest BCUT2D eigenvalue weighted by Crippen LogP contribution is -2.15. The van der Waals surface area contributed by atoms with Crippen molar-refractivity contribution in [1.29, 1.82) is 0 Å². The molecule has 0 saturated carbocycles. The average molecular weight is 321 g/mol. The molecule has 5 heteroatoms. The van der Waals surface area contributed by atoms with Crippen LogP contribution in [0.15, 0.2) is 41.3 Å². The van der Waals surface area contributed by atoms with E-state index >= 15 is 0 Å². The number of anilines is 2. The van der Waals surface area contributed by atoms with Crippen LogP contribution in [0.25, 0.3) is 0 Å². The second-order valence-electron chi connectivity index (χ2n) is 4.77. The Morgan fingerprint density at radius 1 is 1.29 bits per heavy atom. The standard InChI is InChI=1S/C16H17ClN2OS/c1-10-4-3-5-14(11(10)2)19-16(20)9-21-15-8-12(17)6-7-13(15)18/h3-8H,9,18H2,1-2H3,(H,19,20). The zero-order valence-corrected chi connectivity index (χ0v) is 13.5. The molecule has 0 aliphatic rings. The Morgan fingerprint density at radius 3 is 2.81 bits per heavy atom. The highest BCUT2D eigenvalue weighted by molar-refractivity contribution is 8.00. The van der Waals surface area contributed by atoms with E-state index in [0.29, 0.717) is 10.7 Å². The van der Waals surface area contributed by atoms with E-state index in [1.165, 1.54) is 11.8 Å². The molecule has 110 valence electrons. The normalized spacial score (nSPS) is 10.4. The van der Waals surface area contributed by atoms with E-state index < -0.39 is 0 Å². The SMILES string of the molecule is Cc1cccc(NC(=O)CSc2cc(Cl)ccc2N)c1C. The van der Waals surface area contributed by atoms with E-state index in [-0.39, 0.29) is 11.7 Å². The van der Waals surface area contributed by atoms with Gasteiger partial charge >= 0.3 is 0 Å². The van der Waals surface area contributed by atoms with Crippen molar-refractivity contribution in [3.63, 3.8) is 0 Å². The van der Waals surface area contributed by atoms with Crippen molar-refractivity contribution in [1.82, 2.24) is 0 Å². The van der Waals surface area contributed by atoms with Crippen LogP contribution in [-0.4, -0.2) is 11.7 Å². The number of amides is 1. The molecule has 0 aliphatic carbocycles. The number of carbonyl (C=O) groups is 1. The number of rotatable bonds is 4. The summed E-state index contributed by atoms with van der Waals surface area (Å²) in [5, 5.41) is 3.53. The Morgan fingerprint density at radius 2 is 2.05 bits per heavy atom. The third kappa shape index (κ3) is 4.16. The molecule has 2 aromatic carbocycles. The lowest BCUT2D eigenvalue weighted by atomic mass is 10.1. The van der Waals surface area contributed by atoms with E-state index in [1.807, 2.05) is 32.0 Å². The smallest absolute Gasteiger partial charge is 0.234 e. The maximum absolute atomic E-state index is 12.0. The summed E-state index contributed by atoms with van der Waals surface area (Å²) < 4.78 is 0. The average Bonchev–Trinajstić information content (AvgIpc) is 2.45.